The van der Waals surface area contributed by atoms with Gasteiger partial charge in [0.1, 0.15) is 6.04 Å². The van der Waals surface area contributed by atoms with Crippen LogP contribution in [-0.4, -0.2) is 27.8 Å². The molecule has 0 heterocycles. The molecule has 110 valence electrons. The SMILES string of the molecule is Cl.Nc1ccc([N+](=O)[O-])cc1C(=O)CC[C@H](N)C(=O)O. The Labute approximate surface area is 120 Å². The molecule has 0 aliphatic heterocycles. The summed E-state index contributed by atoms with van der Waals surface area (Å²) in [6, 6.07) is 2.38. The van der Waals surface area contributed by atoms with Crippen LogP contribution in [0.15, 0.2) is 18.2 Å². The van der Waals surface area contributed by atoms with Crippen LogP contribution in [0, 0.1) is 10.1 Å². The lowest BCUT2D eigenvalue weighted by Crippen LogP contribution is -2.30. The van der Waals surface area contributed by atoms with Crippen molar-refractivity contribution in [2.45, 2.75) is 18.9 Å². The number of hydrogen-bond donors (Lipinski definition) is 3. The third-order valence-electron chi connectivity index (χ3n) is 2.55. The zero-order valence-corrected chi connectivity index (χ0v) is 11.1. The van der Waals surface area contributed by atoms with Crippen molar-refractivity contribution in [1.29, 1.82) is 0 Å². The number of carbonyl (C=O) groups is 2. The standard InChI is InChI=1S/C11H13N3O5.ClH/c12-8-2-1-6(14(18)19)5-7(8)10(15)4-3-9(13)11(16)17;/h1-2,5,9H,3-4,12-13H2,(H,16,17);1H/t9-;/m0./s1. The number of carboxylic acids is 1. The molecule has 1 rings (SSSR count). The quantitative estimate of drug-likeness (QED) is 0.306. The van der Waals surface area contributed by atoms with E-state index in [1.165, 1.54) is 12.1 Å². The number of nitrogens with zero attached hydrogens (tertiary/aromatic N) is 1. The van der Waals surface area contributed by atoms with Crippen LogP contribution < -0.4 is 11.5 Å². The number of nitro groups is 1. The zero-order chi connectivity index (χ0) is 14.6. The summed E-state index contributed by atoms with van der Waals surface area (Å²) in [6.07, 6.45) is -0.199. The summed E-state index contributed by atoms with van der Waals surface area (Å²) >= 11 is 0. The van der Waals surface area contributed by atoms with Crippen molar-refractivity contribution in [3.05, 3.63) is 33.9 Å². The lowest BCUT2D eigenvalue weighted by atomic mass is 10.0. The van der Waals surface area contributed by atoms with E-state index in [2.05, 4.69) is 0 Å². The molecule has 0 radical (unpaired) electrons. The summed E-state index contributed by atoms with van der Waals surface area (Å²) in [5.74, 6) is -1.68. The summed E-state index contributed by atoms with van der Waals surface area (Å²) < 4.78 is 0. The van der Waals surface area contributed by atoms with Crippen LogP contribution in [0.3, 0.4) is 0 Å². The number of carbonyl (C=O) groups excluding carboxylic acids is 1. The summed E-state index contributed by atoms with van der Waals surface area (Å²) in [5.41, 5.74) is 10.7. The second-order valence-corrected chi connectivity index (χ2v) is 3.94. The molecule has 0 aromatic heterocycles. The van der Waals surface area contributed by atoms with Crippen LogP contribution in [0.4, 0.5) is 11.4 Å². The lowest BCUT2D eigenvalue weighted by Gasteiger charge is -2.07. The molecule has 8 nitrogen and oxygen atoms in total. The molecule has 0 amide bonds. The van der Waals surface area contributed by atoms with Gasteiger partial charge in [0.25, 0.3) is 5.69 Å². The Morgan fingerprint density at radius 3 is 2.50 bits per heavy atom. The van der Waals surface area contributed by atoms with E-state index >= 15 is 0 Å². The van der Waals surface area contributed by atoms with E-state index in [4.69, 9.17) is 16.6 Å². The number of benzene rings is 1. The molecular formula is C11H14ClN3O5. The van der Waals surface area contributed by atoms with Gasteiger partial charge in [-0.2, -0.15) is 0 Å². The van der Waals surface area contributed by atoms with Crippen LogP contribution in [0.5, 0.6) is 0 Å². The van der Waals surface area contributed by atoms with Crippen molar-refractivity contribution in [2.75, 3.05) is 5.73 Å². The number of carboxylic acid groups (broad SMARTS) is 1. The fourth-order valence-electron chi connectivity index (χ4n) is 1.44. The van der Waals surface area contributed by atoms with Crippen LogP contribution in [0.1, 0.15) is 23.2 Å². The molecule has 0 saturated heterocycles. The van der Waals surface area contributed by atoms with Gasteiger partial charge >= 0.3 is 5.97 Å². The van der Waals surface area contributed by atoms with Gasteiger partial charge in [-0.3, -0.25) is 19.7 Å². The van der Waals surface area contributed by atoms with Crippen molar-refractivity contribution in [3.63, 3.8) is 0 Å². The van der Waals surface area contributed by atoms with Crippen molar-refractivity contribution < 1.29 is 19.6 Å². The molecule has 1 aromatic rings. The molecule has 1 aromatic carbocycles. The summed E-state index contributed by atoms with van der Waals surface area (Å²) in [6.45, 7) is 0. The predicted molar refractivity (Wildman–Crippen MR) is 73.9 cm³/mol. The summed E-state index contributed by atoms with van der Waals surface area (Å²) in [5, 5.41) is 19.2. The molecule has 0 fully saturated rings. The van der Waals surface area contributed by atoms with Gasteiger partial charge in [0.2, 0.25) is 0 Å². The van der Waals surface area contributed by atoms with Crippen LogP contribution in [-0.2, 0) is 4.79 Å². The Kier molecular flexibility index (Phi) is 6.60. The second kappa shape index (κ2) is 7.41. The minimum absolute atomic E-state index is 0. The number of halogens is 1. The lowest BCUT2D eigenvalue weighted by molar-refractivity contribution is -0.384. The highest BCUT2D eigenvalue weighted by atomic mass is 35.5. The molecule has 20 heavy (non-hydrogen) atoms. The maximum absolute atomic E-state index is 11.8. The molecule has 1 atom stereocenters. The first kappa shape index (κ1) is 17.8. The van der Waals surface area contributed by atoms with Crippen LogP contribution in [0.2, 0.25) is 0 Å². The van der Waals surface area contributed by atoms with Gasteiger partial charge in [-0.15, -0.1) is 12.4 Å². The fraction of sp³-hybridized carbons (Fsp3) is 0.273. The van der Waals surface area contributed by atoms with E-state index < -0.39 is 22.7 Å². The monoisotopic (exact) mass is 303 g/mol. The number of nitrogen functional groups attached to an aromatic ring is 1. The van der Waals surface area contributed by atoms with Gasteiger partial charge in [-0.1, -0.05) is 0 Å². The molecule has 0 spiro atoms. The normalized spacial score (nSPS) is 11.2. The first-order valence-electron chi connectivity index (χ1n) is 5.38. The Bertz CT molecular complexity index is 535. The number of nitro benzene ring substituents is 1. The third-order valence-corrected chi connectivity index (χ3v) is 2.55. The second-order valence-electron chi connectivity index (χ2n) is 3.94. The van der Waals surface area contributed by atoms with Crippen molar-refractivity contribution in [2.24, 2.45) is 5.73 Å². The Balaban J connectivity index is 0.00000361. The van der Waals surface area contributed by atoms with E-state index in [0.717, 1.165) is 6.07 Å². The largest absolute Gasteiger partial charge is 0.480 e. The maximum Gasteiger partial charge on any atom is 0.320 e. The number of non-ortho nitro benzene ring substituents is 1. The van der Waals surface area contributed by atoms with Gasteiger partial charge in [0.15, 0.2) is 5.78 Å². The molecule has 0 aliphatic rings. The molecule has 0 unspecified atom stereocenters. The fourth-order valence-corrected chi connectivity index (χ4v) is 1.44. The molecule has 0 aliphatic carbocycles. The molecule has 0 saturated carbocycles. The number of anilines is 1. The van der Waals surface area contributed by atoms with Gasteiger partial charge in [-0.25, -0.2) is 0 Å². The van der Waals surface area contributed by atoms with E-state index in [1.807, 2.05) is 0 Å². The number of ketones is 1. The minimum Gasteiger partial charge on any atom is -0.480 e. The summed E-state index contributed by atoms with van der Waals surface area (Å²) in [7, 11) is 0. The zero-order valence-electron chi connectivity index (χ0n) is 10.3. The highest BCUT2D eigenvalue weighted by molar-refractivity contribution is 6.01. The Morgan fingerprint density at radius 1 is 1.40 bits per heavy atom. The molecule has 0 bridgehead atoms. The first-order chi connectivity index (χ1) is 8.82. The number of rotatable bonds is 6. The summed E-state index contributed by atoms with van der Waals surface area (Å²) in [4.78, 5) is 32.3. The van der Waals surface area contributed by atoms with Gasteiger partial charge in [0, 0.05) is 29.8 Å². The van der Waals surface area contributed by atoms with Crippen LogP contribution >= 0.6 is 12.4 Å². The van der Waals surface area contributed by atoms with Gasteiger partial charge in [-0.05, 0) is 12.5 Å². The average Bonchev–Trinajstić information content (AvgIpc) is 2.35. The van der Waals surface area contributed by atoms with E-state index in [9.17, 15) is 19.7 Å². The van der Waals surface area contributed by atoms with E-state index in [0.29, 0.717) is 0 Å². The smallest absolute Gasteiger partial charge is 0.320 e. The highest BCUT2D eigenvalue weighted by Gasteiger charge is 2.18. The number of aliphatic carboxylic acids is 1. The van der Waals surface area contributed by atoms with Crippen LogP contribution in [0.25, 0.3) is 0 Å². The van der Waals surface area contributed by atoms with Crippen molar-refractivity contribution in [1.82, 2.24) is 0 Å². The third kappa shape index (κ3) is 4.48. The van der Waals surface area contributed by atoms with Gasteiger partial charge in [0.05, 0.1) is 4.92 Å². The Morgan fingerprint density at radius 2 is 2.00 bits per heavy atom. The predicted octanol–water partition coefficient (Wildman–Crippen LogP) is 0.974. The minimum atomic E-state index is -1.21. The van der Waals surface area contributed by atoms with E-state index in [-0.39, 0.29) is 42.2 Å². The molecular weight excluding hydrogens is 290 g/mol. The van der Waals surface area contributed by atoms with Crippen molar-refractivity contribution >= 4 is 35.5 Å². The first-order valence-corrected chi connectivity index (χ1v) is 5.38. The number of Topliss-reactive ketones (excluding diaryl/α,β-unsaturated/α-hetero) is 1. The molecule has 9 heteroatoms. The molecule has 5 N–H and O–H groups in total. The Hall–Kier alpha value is -2.19. The average molecular weight is 304 g/mol. The maximum atomic E-state index is 11.8. The van der Waals surface area contributed by atoms with Crippen molar-refractivity contribution in [3.8, 4) is 0 Å². The number of hydrogen-bond acceptors (Lipinski definition) is 6. The highest BCUT2D eigenvalue weighted by Crippen LogP contribution is 2.21. The van der Waals surface area contributed by atoms with Gasteiger partial charge < -0.3 is 16.6 Å². The van der Waals surface area contributed by atoms with E-state index in [1.54, 1.807) is 0 Å². The number of nitrogens with two attached hydrogens (primary N) is 2. The topological polar surface area (TPSA) is 150 Å².